The summed E-state index contributed by atoms with van der Waals surface area (Å²) in [6.07, 6.45) is 0.397. The summed E-state index contributed by atoms with van der Waals surface area (Å²) in [6, 6.07) is 10.3. The van der Waals surface area contributed by atoms with Crippen LogP contribution >= 0.6 is 11.5 Å². The van der Waals surface area contributed by atoms with Gasteiger partial charge in [-0.2, -0.15) is 4.37 Å². The lowest BCUT2D eigenvalue weighted by Crippen LogP contribution is -2.18. The zero-order valence-corrected chi connectivity index (χ0v) is 14.5. The van der Waals surface area contributed by atoms with Crippen molar-refractivity contribution in [1.29, 1.82) is 0 Å². The van der Waals surface area contributed by atoms with E-state index in [4.69, 9.17) is 0 Å². The monoisotopic (exact) mass is 319 g/mol. The second-order valence-electron chi connectivity index (χ2n) is 6.75. The first kappa shape index (κ1) is 16.9. The Morgan fingerprint density at radius 2 is 1.91 bits per heavy atom. The molecule has 2 atom stereocenters. The summed E-state index contributed by atoms with van der Waals surface area (Å²) in [5.41, 5.74) is 1.20. The third kappa shape index (κ3) is 4.78. The molecule has 2 unspecified atom stereocenters. The van der Waals surface area contributed by atoms with Crippen molar-refractivity contribution in [2.24, 2.45) is 0 Å². The van der Waals surface area contributed by atoms with Gasteiger partial charge in [0.05, 0.1) is 6.10 Å². The zero-order valence-electron chi connectivity index (χ0n) is 13.7. The number of nitrogens with zero attached hydrogens (tertiary/aromatic N) is 2. The van der Waals surface area contributed by atoms with Gasteiger partial charge in [-0.05, 0) is 18.9 Å². The fraction of sp³-hybridized carbons (Fsp3) is 0.529. The van der Waals surface area contributed by atoms with Gasteiger partial charge in [0, 0.05) is 29.4 Å². The molecule has 0 spiro atoms. The van der Waals surface area contributed by atoms with Crippen LogP contribution in [0.3, 0.4) is 0 Å². The number of hydrogen-bond acceptors (Lipinski definition) is 5. The van der Waals surface area contributed by atoms with Crippen LogP contribution in [-0.4, -0.2) is 27.1 Å². The standard InChI is InChI=1S/C17H25N3OS/c1-12(21)10-14(13-8-6-5-7-9-13)11-18-16-19-15(20-22-16)17(2,3)4/h5-9,12,14,21H,10-11H2,1-4H3,(H,18,19,20). The Hall–Kier alpha value is -1.46. The molecular weight excluding hydrogens is 294 g/mol. The molecule has 0 radical (unpaired) electrons. The van der Waals surface area contributed by atoms with Crippen LogP contribution in [0, 0.1) is 0 Å². The van der Waals surface area contributed by atoms with Gasteiger partial charge in [0.25, 0.3) is 0 Å². The minimum atomic E-state index is -0.327. The number of aliphatic hydroxyl groups is 1. The maximum Gasteiger partial charge on any atom is 0.202 e. The third-order valence-electron chi connectivity index (χ3n) is 3.49. The highest BCUT2D eigenvalue weighted by Gasteiger charge is 2.20. The molecular formula is C17H25N3OS. The molecule has 0 fully saturated rings. The highest BCUT2D eigenvalue weighted by molar-refractivity contribution is 7.09. The molecule has 0 aliphatic rings. The van der Waals surface area contributed by atoms with Crippen LogP contribution in [0.5, 0.6) is 0 Å². The summed E-state index contributed by atoms with van der Waals surface area (Å²) in [6.45, 7) is 8.91. The molecule has 2 N–H and O–H groups in total. The Morgan fingerprint density at radius 3 is 2.45 bits per heavy atom. The molecule has 120 valence electrons. The average molecular weight is 319 g/mol. The van der Waals surface area contributed by atoms with Crippen LogP contribution in [0.15, 0.2) is 30.3 Å². The van der Waals surface area contributed by atoms with Crippen molar-refractivity contribution in [2.75, 3.05) is 11.9 Å². The highest BCUT2D eigenvalue weighted by Crippen LogP contribution is 2.25. The van der Waals surface area contributed by atoms with Crippen LogP contribution in [0.2, 0.25) is 0 Å². The highest BCUT2D eigenvalue weighted by atomic mass is 32.1. The number of aliphatic hydroxyl groups excluding tert-OH is 1. The van der Waals surface area contributed by atoms with Crippen molar-refractivity contribution >= 4 is 16.7 Å². The fourth-order valence-electron chi connectivity index (χ4n) is 2.28. The fourth-order valence-corrected chi connectivity index (χ4v) is 3.05. The molecule has 0 saturated carbocycles. The Bertz CT molecular complexity index is 575. The van der Waals surface area contributed by atoms with Crippen molar-refractivity contribution in [3.8, 4) is 0 Å². The minimum Gasteiger partial charge on any atom is -0.393 e. The van der Waals surface area contributed by atoms with Crippen molar-refractivity contribution in [3.05, 3.63) is 41.7 Å². The number of nitrogens with one attached hydrogen (secondary N) is 1. The maximum absolute atomic E-state index is 9.74. The van der Waals surface area contributed by atoms with Crippen LogP contribution in [0.4, 0.5) is 5.13 Å². The lowest BCUT2D eigenvalue weighted by atomic mass is 9.93. The summed E-state index contributed by atoms with van der Waals surface area (Å²) < 4.78 is 4.42. The molecule has 1 heterocycles. The minimum absolute atomic E-state index is 0.0329. The van der Waals surface area contributed by atoms with Gasteiger partial charge in [-0.1, -0.05) is 51.1 Å². The van der Waals surface area contributed by atoms with E-state index in [2.05, 4.69) is 47.6 Å². The van der Waals surface area contributed by atoms with E-state index < -0.39 is 0 Å². The van der Waals surface area contributed by atoms with E-state index in [-0.39, 0.29) is 17.4 Å². The van der Waals surface area contributed by atoms with E-state index in [1.807, 2.05) is 25.1 Å². The summed E-state index contributed by atoms with van der Waals surface area (Å²) in [5.74, 6) is 1.12. The molecule has 5 heteroatoms. The van der Waals surface area contributed by atoms with E-state index in [9.17, 15) is 5.11 Å². The Kier molecular flexibility index (Phi) is 5.53. The number of anilines is 1. The topological polar surface area (TPSA) is 58.0 Å². The summed E-state index contributed by atoms with van der Waals surface area (Å²) in [5, 5.41) is 14.0. The number of rotatable bonds is 6. The average Bonchev–Trinajstić information content (AvgIpc) is 2.93. The van der Waals surface area contributed by atoms with Gasteiger partial charge in [-0.25, -0.2) is 4.98 Å². The van der Waals surface area contributed by atoms with Crippen LogP contribution in [0.1, 0.15) is 51.4 Å². The number of hydrogen-bond donors (Lipinski definition) is 2. The van der Waals surface area contributed by atoms with E-state index >= 15 is 0 Å². The number of benzene rings is 1. The lowest BCUT2D eigenvalue weighted by Gasteiger charge is -2.19. The van der Waals surface area contributed by atoms with Crippen molar-refractivity contribution < 1.29 is 5.11 Å². The second kappa shape index (κ2) is 7.20. The molecule has 0 bridgehead atoms. The first-order valence-electron chi connectivity index (χ1n) is 7.67. The molecule has 0 amide bonds. The first-order chi connectivity index (χ1) is 10.4. The zero-order chi connectivity index (χ0) is 16.2. The van der Waals surface area contributed by atoms with Crippen LogP contribution in [-0.2, 0) is 5.41 Å². The van der Waals surface area contributed by atoms with E-state index in [0.717, 1.165) is 23.9 Å². The molecule has 2 aromatic rings. The van der Waals surface area contributed by atoms with Gasteiger partial charge >= 0.3 is 0 Å². The lowest BCUT2D eigenvalue weighted by molar-refractivity contribution is 0.175. The van der Waals surface area contributed by atoms with Gasteiger partial charge in [-0.3, -0.25) is 0 Å². The molecule has 0 aliphatic carbocycles. The van der Waals surface area contributed by atoms with Crippen molar-refractivity contribution in [2.45, 2.75) is 51.6 Å². The normalized spacial score (nSPS) is 14.6. The van der Waals surface area contributed by atoms with Crippen molar-refractivity contribution in [3.63, 3.8) is 0 Å². The smallest absolute Gasteiger partial charge is 0.202 e. The van der Waals surface area contributed by atoms with Gasteiger partial charge in [-0.15, -0.1) is 0 Å². The second-order valence-corrected chi connectivity index (χ2v) is 7.50. The van der Waals surface area contributed by atoms with E-state index in [1.54, 1.807) is 0 Å². The van der Waals surface area contributed by atoms with Crippen molar-refractivity contribution in [1.82, 2.24) is 9.36 Å². The Balaban J connectivity index is 2.04. The summed E-state index contributed by atoms with van der Waals surface area (Å²) in [4.78, 5) is 4.56. The molecule has 1 aromatic heterocycles. The first-order valence-corrected chi connectivity index (χ1v) is 8.44. The maximum atomic E-state index is 9.74. The van der Waals surface area contributed by atoms with E-state index in [0.29, 0.717) is 0 Å². The largest absolute Gasteiger partial charge is 0.393 e. The van der Waals surface area contributed by atoms with Gasteiger partial charge < -0.3 is 10.4 Å². The van der Waals surface area contributed by atoms with E-state index in [1.165, 1.54) is 17.1 Å². The Labute approximate surface area is 136 Å². The molecule has 0 aliphatic heterocycles. The molecule has 1 aromatic carbocycles. The predicted molar refractivity (Wildman–Crippen MR) is 92.6 cm³/mol. The quantitative estimate of drug-likeness (QED) is 0.850. The van der Waals surface area contributed by atoms with Crippen LogP contribution in [0.25, 0.3) is 0 Å². The predicted octanol–water partition coefficient (Wildman–Crippen LogP) is 3.80. The van der Waals surface area contributed by atoms with Gasteiger partial charge in [0.15, 0.2) is 0 Å². The molecule has 0 saturated heterocycles. The number of aromatic nitrogens is 2. The SMILES string of the molecule is CC(O)CC(CNc1nc(C(C)(C)C)ns1)c1ccccc1. The molecule has 2 rings (SSSR count). The Morgan fingerprint density at radius 1 is 1.23 bits per heavy atom. The van der Waals surface area contributed by atoms with Gasteiger partial charge in [0.2, 0.25) is 5.13 Å². The summed E-state index contributed by atoms with van der Waals surface area (Å²) in [7, 11) is 0. The molecule has 22 heavy (non-hydrogen) atoms. The molecule has 4 nitrogen and oxygen atoms in total. The summed E-state index contributed by atoms with van der Waals surface area (Å²) >= 11 is 1.40. The third-order valence-corrected chi connectivity index (χ3v) is 4.17. The van der Waals surface area contributed by atoms with Gasteiger partial charge in [0.1, 0.15) is 5.82 Å². The van der Waals surface area contributed by atoms with Crippen LogP contribution < -0.4 is 5.32 Å².